The number of aromatic carboxylic acids is 1. The normalized spacial score (nSPS) is 10.2. The number of thiazole rings is 1. The Kier molecular flexibility index (Phi) is 4.18. The second-order valence-electron chi connectivity index (χ2n) is 3.43. The molecule has 0 spiro atoms. The van der Waals surface area contributed by atoms with Crippen molar-refractivity contribution in [3.05, 3.63) is 43.8 Å². The molecule has 19 heavy (non-hydrogen) atoms. The van der Waals surface area contributed by atoms with Crippen LogP contribution >= 0.6 is 38.9 Å². The van der Waals surface area contributed by atoms with Gasteiger partial charge in [0.2, 0.25) is 0 Å². The van der Waals surface area contributed by atoms with E-state index in [1.165, 1.54) is 5.38 Å². The molecule has 0 aliphatic carbocycles. The number of hydrogen-bond donors (Lipinski definition) is 2. The van der Waals surface area contributed by atoms with Gasteiger partial charge in [-0.25, -0.2) is 9.78 Å². The maximum Gasteiger partial charge on any atom is 0.355 e. The van der Waals surface area contributed by atoms with E-state index in [4.69, 9.17) is 16.7 Å². The Morgan fingerprint density at radius 1 is 1.42 bits per heavy atom. The van der Waals surface area contributed by atoms with E-state index in [0.29, 0.717) is 10.7 Å². The van der Waals surface area contributed by atoms with Crippen LogP contribution in [0.15, 0.2) is 28.1 Å². The minimum atomic E-state index is -1.16. The molecule has 0 fully saturated rings. The molecule has 0 aliphatic rings. The van der Waals surface area contributed by atoms with Crippen molar-refractivity contribution in [3.63, 3.8) is 0 Å². The summed E-state index contributed by atoms with van der Waals surface area (Å²) < 4.78 is 0.717. The number of carboxylic acid groups (broad SMARTS) is 1. The summed E-state index contributed by atoms with van der Waals surface area (Å²) in [5, 5.41) is 13.2. The summed E-state index contributed by atoms with van der Waals surface area (Å²) in [5.41, 5.74) is 0.356. The quantitative estimate of drug-likeness (QED) is 0.877. The average molecular weight is 362 g/mol. The van der Waals surface area contributed by atoms with Gasteiger partial charge in [0.05, 0.1) is 5.02 Å². The van der Waals surface area contributed by atoms with Crippen LogP contribution in [0.2, 0.25) is 5.02 Å². The highest BCUT2D eigenvalue weighted by Gasteiger charge is 2.15. The van der Waals surface area contributed by atoms with Crippen LogP contribution in [-0.4, -0.2) is 22.0 Å². The van der Waals surface area contributed by atoms with Crippen molar-refractivity contribution in [2.24, 2.45) is 0 Å². The third-order valence-electron chi connectivity index (χ3n) is 2.10. The Labute approximate surface area is 125 Å². The van der Waals surface area contributed by atoms with E-state index in [2.05, 4.69) is 26.2 Å². The van der Waals surface area contributed by atoms with Crippen LogP contribution in [0.1, 0.15) is 20.3 Å². The molecular weight excluding hydrogens is 356 g/mol. The first-order valence-corrected chi connectivity index (χ1v) is 6.97. The zero-order valence-electron chi connectivity index (χ0n) is 9.18. The Balaban J connectivity index is 2.15. The molecule has 2 N–H and O–H groups in total. The second-order valence-corrected chi connectivity index (χ2v) is 5.55. The molecule has 0 aliphatic heterocycles. The smallest absolute Gasteiger partial charge is 0.355 e. The molecule has 1 aromatic heterocycles. The Morgan fingerprint density at radius 3 is 2.74 bits per heavy atom. The zero-order chi connectivity index (χ0) is 14.0. The maximum atomic E-state index is 11.8. The molecule has 0 saturated carbocycles. The summed E-state index contributed by atoms with van der Waals surface area (Å²) in [4.78, 5) is 26.2. The number of anilines is 1. The Hall–Kier alpha value is -1.44. The van der Waals surface area contributed by atoms with Crippen LogP contribution < -0.4 is 5.32 Å². The highest BCUT2D eigenvalue weighted by molar-refractivity contribution is 9.10. The summed E-state index contributed by atoms with van der Waals surface area (Å²) in [6, 6.07) is 4.94. The van der Waals surface area contributed by atoms with E-state index in [9.17, 15) is 9.59 Å². The fourth-order valence-corrected chi connectivity index (χ4v) is 2.35. The van der Waals surface area contributed by atoms with Gasteiger partial charge in [-0.3, -0.25) is 4.79 Å². The van der Waals surface area contributed by atoms with Crippen LogP contribution in [0.25, 0.3) is 0 Å². The van der Waals surface area contributed by atoms with Gasteiger partial charge in [0, 0.05) is 15.5 Å². The minimum absolute atomic E-state index is 0.0800. The van der Waals surface area contributed by atoms with Gasteiger partial charge >= 0.3 is 5.97 Å². The minimum Gasteiger partial charge on any atom is -0.476 e. The first-order valence-electron chi connectivity index (χ1n) is 4.92. The van der Waals surface area contributed by atoms with E-state index in [1.54, 1.807) is 18.2 Å². The number of benzene rings is 1. The number of nitrogens with zero attached hydrogens (tertiary/aromatic N) is 1. The summed E-state index contributed by atoms with van der Waals surface area (Å²) >= 11 is 10.1. The van der Waals surface area contributed by atoms with Gasteiger partial charge in [-0.1, -0.05) is 11.6 Å². The molecule has 0 saturated heterocycles. The molecule has 5 nitrogen and oxygen atoms in total. The lowest BCUT2D eigenvalue weighted by atomic mass is 10.3. The van der Waals surface area contributed by atoms with Crippen LogP contribution in [-0.2, 0) is 0 Å². The zero-order valence-corrected chi connectivity index (χ0v) is 12.3. The number of amides is 1. The molecule has 2 aromatic rings. The number of rotatable bonds is 3. The van der Waals surface area contributed by atoms with Crippen molar-refractivity contribution in [3.8, 4) is 0 Å². The molecule has 1 amide bonds. The maximum absolute atomic E-state index is 11.8. The number of carbonyl (C=O) groups is 2. The summed E-state index contributed by atoms with van der Waals surface area (Å²) in [6.07, 6.45) is 0. The van der Waals surface area contributed by atoms with Gasteiger partial charge in [0.15, 0.2) is 10.7 Å². The third-order valence-corrected chi connectivity index (χ3v) is 4.17. The van der Waals surface area contributed by atoms with Crippen LogP contribution in [0.4, 0.5) is 5.69 Å². The molecule has 1 aromatic carbocycles. The Morgan fingerprint density at radius 2 is 2.16 bits per heavy atom. The van der Waals surface area contributed by atoms with Crippen LogP contribution in [0.3, 0.4) is 0 Å². The van der Waals surface area contributed by atoms with Gasteiger partial charge in [-0.05, 0) is 34.1 Å². The molecular formula is C11H6BrClN2O3S. The van der Waals surface area contributed by atoms with E-state index in [1.807, 2.05) is 0 Å². The first-order chi connectivity index (χ1) is 8.97. The van der Waals surface area contributed by atoms with Crippen molar-refractivity contribution in [1.82, 2.24) is 4.98 Å². The summed E-state index contributed by atoms with van der Waals surface area (Å²) in [6.45, 7) is 0. The predicted octanol–water partition coefficient (Wildman–Crippen LogP) is 3.51. The molecule has 0 atom stereocenters. The molecule has 8 heteroatoms. The third kappa shape index (κ3) is 3.31. The average Bonchev–Trinajstić information content (AvgIpc) is 2.83. The van der Waals surface area contributed by atoms with E-state index in [0.717, 1.165) is 15.8 Å². The molecule has 0 radical (unpaired) electrons. The van der Waals surface area contributed by atoms with Crippen molar-refractivity contribution in [2.75, 3.05) is 5.32 Å². The Bertz CT molecular complexity index is 659. The summed E-state index contributed by atoms with van der Waals surface area (Å²) in [7, 11) is 0. The van der Waals surface area contributed by atoms with Gasteiger partial charge in [-0.2, -0.15) is 0 Å². The standard InChI is InChI=1S/C11H6BrClN2O3S/c12-6-2-1-5(3-7(6)13)14-9(16)10-15-8(4-19-10)11(17)18/h1-4H,(H,14,16)(H,17,18). The van der Waals surface area contributed by atoms with E-state index < -0.39 is 11.9 Å². The number of aromatic nitrogens is 1. The monoisotopic (exact) mass is 360 g/mol. The van der Waals surface area contributed by atoms with Gasteiger partial charge < -0.3 is 10.4 Å². The highest BCUT2D eigenvalue weighted by atomic mass is 79.9. The molecule has 1 heterocycles. The lowest BCUT2D eigenvalue weighted by Gasteiger charge is -2.04. The number of carbonyl (C=O) groups excluding carboxylic acids is 1. The van der Waals surface area contributed by atoms with Crippen LogP contribution in [0.5, 0.6) is 0 Å². The summed E-state index contributed by atoms with van der Waals surface area (Å²) in [5.74, 6) is -1.64. The second kappa shape index (κ2) is 5.68. The molecule has 98 valence electrons. The largest absolute Gasteiger partial charge is 0.476 e. The number of carboxylic acids is 1. The van der Waals surface area contributed by atoms with Crippen molar-refractivity contribution < 1.29 is 14.7 Å². The molecule has 2 rings (SSSR count). The lowest BCUT2D eigenvalue weighted by Crippen LogP contribution is -2.12. The van der Waals surface area contributed by atoms with Crippen molar-refractivity contribution >= 4 is 56.4 Å². The highest BCUT2D eigenvalue weighted by Crippen LogP contribution is 2.25. The van der Waals surface area contributed by atoms with Gasteiger partial charge in [0.25, 0.3) is 5.91 Å². The molecule has 0 unspecified atom stereocenters. The van der Waals surface area contributed by atoms with Gasteiger partial charge in [0.1, 0.15) is 0 Å². The number of nitrogens with one attached hydrogen (secondary N) is 1. The fraction of sp³-hybridized carbons (Fsp3) is 0. The van der Waals surface area contributed by atoms with Crippen molar-refractivity contribution in [2.45, 2.75) is 0 Å². The first kappa shape index (κ1) is 14.0. The SMILES string of the molecule is O=C(O)c1csc(C(=O)Nc2ccc(Br)c(Cl)c2)n1. The fourth-order valence-electron chi connectivity index (χ4n) is 1.23. The predicted molar refractivity (Wildman–Crippen MR) is 76.2 cm³/mol. The van der Waals surface area contributed by atoms with Crippen molar-refractivity contribution in [1.29, 1.82) is 0 Å². The topological polar surface area (TPSA) is 79.3 Å². The number of halogens is 2. The number of hydrogen-bond acceptors (Lipinski definition) is 4. The lowest BCUT2D eigenvalue weighted by molar-refractivity contribution is 0.0691. The van der Waals surface area contributed by atoms with Crippen LogP contribution in [0, 0.1) is 0 Å². The van der Waals surface area contributed by atoms with Gasteiger partial charge in [-0.15, -0.1) is 11.3 Å². The van der Waals surface area contributed by atoms with E-state index >= 15 is 0 Å². The molecule has 0 bridgehead atoms. The van der Waals surface area contributed by atoms with E-state index in [-0.39, 0.29) is 10.7 Å².